The molecule has 0 saturated heterocycles. The Morgan fingerprint density at radius 3 is 1.01 bits per heavy atom. The van der Waals surface area contributed by atoms with Crippen molar-refractivity contribution in [1.82, 2.24) is 0 Å². The first-order valence-corrected chi connectivity index (χ1v) is 24.7. The van der Waals surface area contributed by atoms with E-state index in [2.05, 4.69) is 97.0 Å². The summed E-state index contributed by atoms with van der Waals surface area (Å²) in [4.78, 5) is 0. The summed E-state index contributed by atoms with van der Waals surface area (Å²) in [6.45, 7) is 30.0. The summed E-state index contributed by atoms with van der Waals surface area (Å²) < 4.78 is 102. The van der Waals surface area contributed by atoms with Crippen molar-refractivity contribution >= 4 is 0 Å². The normalized spacial score (nSPS) is 10.5. The second kappa shape index (κ2) is 33.6. The number of aryl methyl sites for hydroxylation is 1. The molecular weight excluding hydrogens is 921 g/mol. The average Bonchev–Trinajstić information content (AvgIpc) is 3.31. The van der Waals surface area contributed by atoms with Gasteiger partial charge in [-0.15, -0.1) is 0 Å². The van der Waals surface area contributed by atoms with Crippen molar-refractivity contribution in [3.63, 3.8) is 0 Å². The fourth-order valence-corrected chi connectivity index (χ4v) is 6.54. The highest BCUT2D eigenvalue weighted by Crippen LogP contribution is 2.23. The lowest BCUT2D eigenvalue weighted by Gasteiger charge is -2.06. The van der Waals surface area contributed by atoms with Crippen molar-refractivity contribution < 1.29 is 35.1 Å². The quantitative estimate of drug-likeness (QED) is 0.140. The summed E-state index contributed by atoms with van der Waals surface area (Å²) in [5.74, 6) is -1.56. The van der Waals surface area contributed by atoms with E-state index in [0.29, 0.717) is 28.9 Å². The van der Waals surface area contributed by atoms with E-state index in [1.54, 1.807) is 38.1 Å². The van der Waals surface area contributed by atoms with Crippen LogP contribution in [0.25, 0.3) is 0 Å². The van der Waals surface area contributed by atoms with Gasteiger partial charge in [-0.1, -0.05) is 206 Å². The van der Waals surface area contributed by atoms with Crippen LogP contribution in [0.4, 0.5) is 35.1 Å². The molecule has 0 aliphatic rings. The summed E-state index contributed by atoms with van der Waals surface area (Å²) in [5.41, 5.74) is 7.33. The van der Waals surface area contributed by atoms with E-state index < -0.39 is 34.9 Å². The molecule has 0 fully saturated rings. The minimum atomic E-state index is -0.767. The lowest BCUT2D eigenvalue weighted by molar-refractivity contribution is 0.494. The summed E-state index contributed by atoms with van der Waals surface area (Å²) in [6, 6.07) is 44.6. The van der Waals surface area contributed by atoms with Crippen LogP contribution in [0.5, 0.6) is 0 Å². The maximum atomic E-state index is 12.9. The summed E-state index contributed by atoms with van der Waals surface area (Å²) in [6.07, 6.45) is 0. The van der Waals surface area contributed by atoms with Gasteiger partial charge in [0.05, 0.1) is 0 Å². The first kappa shape index (κ1) is 64.0. The molecule has 0 amide bonds. The maximum absolute atomic E-state index is 12.9. The van der Waals surface area contributed by atoms with E-state index in [9.17, 15) is 35.1 Å². The zero-order valence-electron chi connectivity index (χ0n) is 45.1. The van der Waals surface area contributed by atoms with Crippen LogP contribution in [-0.4, -0.2) is 0 Å². The Labute approximate surface area is 427 Å². The van der Waals surface area contributed by atoms with Gasteiger partial charge in [0.25, 0.3) is 0 Å². The van der Waals surface area contributed by atoms with Gasteiger partial charge in [0, 0.05) is 11.6 Å². The van der Waals surface area contributed by atoms with Gasteiger partial charge >= 0.3 is 0 Å². The minimum Gasteiger partial charge on any atom is -0.207 e. The smallest absolute Gasteiger partial charge is 0.162 e. The van der Waals surface area contributed by atoms with E-state index in [1.807, 2.05) is 65.8 Å². The highest BCUT2D eigenvalue weighted by Gasteiger charge is 2.12. The molecule has 0 nitrogen and oxygen atoms in total. The van der Waals surface area contributed by atoms with Gasteiger partial charge in [-0.05, 0) is 130 Å². The fraction of sp³-hybridized carbons (Fsp3) is 0.344. The van der Waals surface area contributed by atoms with Crippen LogP contribution in [0, 0.1) is 53.5 Å². The number of halogens is 8. The molecule has 0 heterocycles. The number of hydrogen-bond acceptors (Lipinski definition) is 0. The molecule has 0 radical (unpaired) electrons. The van der Waals surface area contributed by atoms with Crippen molar-refractivity contribution in [1.29, 1.82) is 0 Å². The Kier molecular flexibility index (Phi) is 29.9. The number of hydrogen-bond donors (Lipinski definition) is 0. The first-order chi connectivity index (χ1) is 33.8. The molecule has 0 bridgehead atoms. The van der Waals surface area contributed by atoms with Gasteiger partial charge in [-0.2, -0.15) is 0 Å². The van der Waals surface area contributed by atoms with E-state index in [4.69, 9.17) is 0 Å². The Bertz CT molecular complexity index is 2520. The van der Waals surface area contributed by atoms with Gasteiger partial charge in [-0.25, -0.2) is 35.1 Å². The third kappa shape index (κ3) is 24.9. The zero-order valence-corrected chi connectivity index (χ0v) is 45.1. The third-order valence-corrected chi connectivity index (χ3v) is 11.0. The van der Waals surface area contributed by atoms with Crippen molar-refractivity contribution in [3.05, 3.63) is 249 Å². The maximum Gasteiger partial charge on any atom is 0.162 e. The molecule has 72 heavy (non-hydrogen) atoms. The second-order valence-electron chi connectivity index (χ2n) is 19.5. The largest absolute Gasteiger partial charge is 0.207 e. The Balaban J connectivity index is 0.000000420. The Morgan fingerprint density at radius 2 is 0.639 bits per heavy atom. The molecule has 0 unspecified atom stereocenters. The van der Waals surface area contributed by atoms with E-state index in [1.165, 1.54) is 65.2 Å². The van der Waals surface area contributed by atoms with Gasteiger partial charge < -0.3 is 0 Å². The van der Waals surface area contributed by atoms with Crippen LogP contribution in [-0.2, 0) is 0 Å². The highest BCUT2D eigenvalue weighted by atomic mass is 19.2. The number of benzene rings is 7. The van der Waals surface area contributed by atoms with Crippen LogP contribution in [0.3, 0.4) is 0 Å². The van der Waals surface area contributed by atoms with Gasteiger partial charge in [0.1, 0.15) is 34.9 Å². The molecule has 0 aliphatic carbocycles. The predicted octanol–water partition coefficient (Wildman–Crippen LogP) is 21.1. The summed E-state index contributed by atoms with van der Waals surface area (Å²) in [5, 5.41) is 0. The molecule has 0 spiro atoms. The molecule has 0 aromatic heterocycles. The van der Waals surface area contributed by atoms with Crippen LogP contribution < -0.4 is 0 Å². The van der Waals surface area contributed by atoms with E-state index in [0.717, 1.165) is 23.3 Å². The van der Waals surface area contributed by atoms with Gasteiger partial charge in [-0.3, -0.25) is 0 Å². The van der Waals surface area contributed by atoms with E-state index >= 15 is 0 Å². The van der Waals surface area contributed by atoms with Crippen LogP contribution in [0.2, 0.25) is 0 Å². The molecule has 7 rings (SSSR count). The van der Waals surface area contributed by atoms with Crippen LogP contribution in [0.1, 0.15) is 183 Å². The second-order valence-corrected chi connectivity index (χ2v) is 19.5. The summed E-state index contributed by atoms with van der Waals surface area (Å²) >= 11 is 0. The molecule has 8 heteroatoms. The molecular formula is C64H78F8. The number of rotatable bonds is 7. The standard InChI is InChI=1S/C10H14.3C9H10F2.2C9H11F.C9H12/c1-8(2)10-6-4-9(3)5-7-10;1-6(2)7-3-8(10)5-9(11)4-7;1-6(2)9-7(10)4-3-5-8(9)11;1-6(2)7-4-3-5-8(10)9(7)11;1-7(2)8-4-3-5-9(10)6-8;1-7(2)8-5-3-4-6-9(8)10;1-8(2)9-6-4-3-5-7-9/h4-8H,1-3H3;3*3-6H,1-2H3;2*3-7H,1-2H3;3-8H,1-2H3. The van der Waals surface area contributed by atoms with Crippen molar-refractivity contribution in [2.45, 2.75) is 145 Å². The lowest BCUT2D eigenvalue weighted by Crippen LogP contribution is -1.96. The van der Waals surface area contributed by atoms with Crippen LogP contribution in [0.15, 0.2) is 158 Å². The monoisotopic (exact) mass is 999 g/mol. The topological polar surface area (TPSA) is 0 Å². The van der Waals surface area contributed by atoms with Crippen LogP contribution >= 0.6 is 0 Å². The predicted molar refractivity (Wildman–Crippen MR) is 288 cm³/mol. The lowest BCUT2D eigenvalue weighted by atomic mass is 10.0. The molecule has 390 valence electrons. The van der Waals surface area contributed by atoms with E-state index in [-0.39, 0.29) is 40.9 Å². The molecule has 0 atom stereocenters. The summed E-state index contributed by atoms with van der Waals surface area (Å²) in [7, 11) is 0. The Morgan fingerprint density at radius 1 is 0.264 bits per heavy atom. The SMILES string of the molecule is CC(C)c1c(F)cccc1F.CC(C)c1cc(F)cc(F)c1.CC(C)c1cccc(F)c1.CC(C)c1cccc(F)c1F.CC(C)c1ccccc1.CC(C)c1ccccc1F.Cc1ccc(C(C)C)cc1. The fourth-order valence-electron chi connectivity index (χ4n) is 6.54. The zero-order chi connectivity index (χ0) is 54.7. The van der Waals surface area contributed by atoms with Gasteiger partial charge in [0.15, 0.2) is 11.6 Å². The molecule has 7 aromatic rings. The van der Waals surface area contributed by atoms with Crippen molar-refractivity contribution in [2.24, 2.45) is 0 Å². The molecule has 0 N–H and O–H groups in total. The molecule has 0 saturated carbocycles. The van der Waals surface area contributed by atoms with Gasteiger partial charge in [0.2, 0.25) is 0 Å². The van der Waals surface area contributed by atoms with Crippen molar-refractivity contribution in [3.8, 4) is 0 Å². The first-order valence-electron chi connectivity index (χ1n) is 24.7. The molecule has 7 aromatic carbocycles. The molecule has 0 aliphatic heterocycles. The third-order valence-electron chi connectivity index (χ3n) is 11.0. The highest BCUT2D eigenvalue weighted by molar-refractivity contribution is 5.26. The van der Waals surface area contributed by atoms with Crippen molar-refractivity contribution in [2.75, 3.05) is 0 Å². The Hall–Kier alpha value is -6.02. The minimum absolute atomic E-state index is 0.0331. The average molecular weight is 999 g/mol.